The van der Waals surface area contributed by atoms with Crippen LogP contribution in [-0.4, -0.2) is 38.7 Å². The van der Waals surface area contributed by atoms with Crippen molar-refractivity contribution in [2.24, 2.45) is 0 Å². The van der Waals surface area contributed by atoms with E-state index in [2.05, 4.69) is 0 Å². The molecule has 1 aliphatic rings. The molecule has 0 radical (unpaired) electrons. The van der Waals surface area contributed by atoms with Gasteiger partial charge in [0.1, 0.15) is 5.56 Å². The Morgan fingerprint density at radius 2 is 1.93 bits per heavy atom. The lowest BCUT2D eigenvalue weighted by Crippen LogP contribution is -2.38. The van der Waals surface area contributed by atoms with Gasteiger partial charge in [0.25, 0.3) is 5.56 Å². The van der Waals surface area contributed by atoms with Crippen LogP contribution in [0.1, 0.15) is 34.0 Å². The number of aryl methyl sites for hydroxylation is 2. The lowest BCUT2D eigenvalue weighted by Gasteiger charge is -2.29. The zero-order valence-corrected chi connectivity index (χ0v) is 16.2. The summed E-state index contributed by atoms with van der Waals surface area (Å²) in [6.45, 7) is 4.72. The minimum absolute atomic E-state index is 0.0507. The van der Waals surface area contributed by atoms with Crippen LogP contribution in [0.3, 0.4) is 0 Å². The van der Waals surface area contributed by atoms with E-state index in [1.54, 1.807) is 22.9 Å². The predicted octanol–water partition coefficient (Wildman–Crippen LogP) is 2.55. The van der Waals surface area contributed by atoms with Crippen molar-refractivity contribution in [3.63, 3.8) is 0 Å². The quantitative estimate of drug-likeness (QED) is 0.799. The van der Waals surface area contributed by atoms with E-state index >= 15 is 0 Å². The maximum Gasteiger partial charge on any atom is 0.341 e. The largest absolute Gasteiger partial charge is 0.477 e. The van der Waals surface area contributed by atoms with Crippen molar-refractivity contribution in [2.45, 2.75) is 38.3 Å². The summed E-state index contributed by atoms with van der Waals surface area (Å²) in [5, 5.41) is 9.55. The summed E-state index contributed by atoms with van der Waals surface area (Å²) in [7, 11) is 0. The number of thioether (sulfide) groups is 1. The molecule has 0 unspecified atom stereocenters. The Labute approximate surface area is 161 Å². The van der Waals surface area contributed by atoms with Crippen LogP contribution in [-0.2, 0) is 24.3 Å². The third-order valence-corrected chi connectivity index (χ3v) is 5.74. The number of hydrogen-bond donors (Lipinski definition) is 1. The average molecular weight is 386 g/mol. The van der Waals surface area contributed by atoms with Gasteiger partial charge in [0.05, 0.1) is 0 Å². The lowest BCUT2D eigenvalue weighted by molar-refractivity contribution is -0.129. The Morgan fingerprint density at radius 3 is 2.56 bits per heavy atom. The van der Waals surface area contributed by atoms with Gasteiger partial charge in [-0.1, -0.05) is 17.7 Å². The van der Waals surface area contributed by atoms with Crippen molar-refractivity contribution in [1.82, 2.24) is 9.47 Å². The molecule has 0 spiro atoms. The molecular formula is C20H22N2O4S. The molecule has 1 aromatic heterocycles. The fraction of sp³-hybridized carbons (Fsp3) is 0.350. The normalized spacial score (nSPS) is 13.3. The maximum absolute atomic E-state index is 12.7. The van der Waals surface area contributed by atoms with Gasteiger partial charge >= 0.3 is 5.97 Å². The Morgan fingerprint density at radius 1 is 1.22 bits per heavy atom. The number of aromatic carboxylic acids is 1. The number of carboxylic acids is 1. The van der Waals surface area contributed by atoms with Crippen LogP contribution < -0.4 is 5.56 Å². The van der Waals surface area contributed by atoms with Crippen LogP contribution in [0.15, 0.2) is 40.2 Å². The zero-order chi connectivity index (χ0) is 19.6. The number of nitrogens with zero attached hydrogens (tertiary/aromatic N) is 2. The first kappa shape index (κ1) is 19.2. The van der Waals surface area contributed by atoms with Gasteiger partial charge in [-0.25, -0.2) is 4.79 Å². The van der Waals surface area contributed by atoms with E-state index < -0.39 is 11.5 Å². The lowest BCUT2D eigenvalue weighted by atomic mass is 9.96. The standard InChI is InChI=1S/C20H22N2O4S/c1-13-3-5-16(6-4-13)27-10-9-22-12-15-11-21(14(2)23)8-7-17(15)18(19(22)24)20(25)26/h3-6,12H,7-11H2,1-2H3,(H,25,26). The van der Waals surface area contributed by atoms with Gasteiger partial charge < -0.3 is 14.6 Å². The second-order valence-corrected chi connectivity index (χ2v) is 7.83. The van der Waals surface area contributed by atoms with E-state index in [0.717, 1.165) is 10.5 Å². The van der Waals surface area contributed by atoms with Crippen molar-refractivity contribution in [1.29, 1.82) is 0 Å². The number of benzene rings is 1. The zero-order valence-electron chi connectivity index (χ0n) is 15.4. The average Bonchev–Trinajstić information content (AvgIpc) is 2.63. The smallest absolute Gasteiger partial charge is 0.341 e. The van der Waals surface area contributed by atoms with Gasteiger partial charge in [0, 0.05) is 43.4 Å². The summed E-state index contributed by atoms with van der Waals surface area (Å²) >= 11 is 1.62. The highest BCUT2D eigenvalue weighted by molar-refractivity contribution is 7.99. The molecule has 1 N–H and O–H groups in total. The molecule has 2 aromatic rings. The minimum atomic E-state index is -1.20. The van der Waals surface area contributed by atoms with Crippen molar-refractivity contribution < 1.29 is 14.7 Å². The Hall–Kier alpha value is -2.54. The number of pyridine rings is 1. The van der Waals surface area contributed by atoms with Crippen molar-refractivity contribution in [3.05, 3.63) is 63.1 Å². The predicted molar refractivity (Wildman–Crippen MR) is 104 cm³/mol. The molecule has 6 nitrogen and oxygen atoms in total. The van der Waals surface area contributed by atoms with Gasteiger partial charge in [0.15, 0.2) is 0 Å². The number of carboxylic acid groups (broad SMARTS) is 1. The molecule has 1 aromatic carbocycles. The van der Waals surface area contributed by atoms with E-state index in [4.69, 9.17) is 0 Å². The molecule has 7 heteroatoms. The van der Waals surface area contributed by atoms with Crippen LogP contribution in [0.5, 0.6) is 0 Å². The van der Waals surface area contributed by atoms with Crippen molar-refractivity contribution >= 4 is 23.6 Å². The van der Waals surface area contributed by atoms with Crippen LogP contribution >= 0.6 is 11.8 Å². The molecule has 0 fully saturated rings. The van der Waals surface area contributed by atoms with Crippen LogP contribution in [0, 0.1) is 6.92 Å². The van der Waals surface area contributed by atoms with Crippen LogP contribution in [0.2, 0.25) is 0 Å². The van der Waals surface area contributed by atoms with Crippen molar-refractivity contribution in [3.8, 4) is 0 Å². The number of carbonyl (C=O) groups is 2. The molecule has 1 aliphatic heterocycles. The van der Waals surface area contributed by atoms with Gasteiger partial charge in [-0.2, -0.15) is 0 Å². The van der Waals surface area contributed by atoms with Gasteiger partial charge in [-0.3, -0.25) is 9.59 Å². The fourth-order valence-electron chi connectivity index (χ4n) is 3.26. The first-order chi connectivity index (χ1) is 12.9. The highest BCUT2D eigenvalue weighted by atomic mass is 32.2. The topological polar surface area (TPSA) is 79.6 Å². The first-order valence-corrected chi connectivity index (χ1v) is 9.79. The number of amides is 1. The van der Waals surface area contributed by atoms with E-state index in [1.807, 2.05) is 31.2 Å². The van der Waals surface area contributed by atoms with E-state index in [1.165, 1.54) is 17.1 Å². The second kappa shape index (κ2) is 8.00. The minimum Gasteiger partial charge on any atom is -0.477 e. The summed E-state index contributed by atoms with van der Waals surface area (Å²) in [6.07, 6.45) is 2.11. The third-order valence-electron chi connectivity index (χ3n) is 4.75. The third kappa shape index (κ3) is 4.24. The van der Waals surface area contributed by atoms with E-state index in [0.29, 0.717) is 37.4 Å². The van der Waals surface area contributed by atoms with Gasteiger partial charge in [0.2, 0.25) is 5.91 Å². The maximum atomic E-state index is 12.7. The molecule has 0 aliphatic carbocycles. The molecular weight excluding hydrogens is 364 g/mol. The highest BCUT2D eigenvalue weighted by Gasteiger charge is 2.26. The molecule has 3 rings (SSSR count). The molecule has 0 bridgehead atoms. The first-order valence-electron chi connectivity index (χ1n) is 8.80. The van der Waals surface area contributed by atoms with E-state index in [9.17, 15) is 19.5 Å². The molecule has 1 amide bonds. The number of fused-ring (bicyclic) bond motifs is 1. The summed E-state index contributed by atoms with van der Waals surface area (Å²) in [4.78, 5) is 38.8. The summed E-state index contributed by atoms with van der Waals surface area (Å²) < 4.78 is 1.47. The molecule has 0 saturated carbocycles. The summed E-state index contributed by atoms with van der Waals surface area (Å²) in [6, 6.07) is 8.13. The van der Waals surface area contributed by atoms with Crippen LogP contribution in [0.4, 0.5) is 0 Å². The Bertz CT molecular complexity index is 934. The monoisotopic (exact) mass is 386 g/mol. The van der Waals surface area contributed by atoms with Gasteiger partial charge in [-0.05, 0) is 36.6 Å². The Balaban J connectivity index is 1.84. The molecule has 0 saturated heterocycles. The highest BCUT2D eigenvalue weighted by Crippen LogP contribution is 2.22. The van der Waals surface area contributed by atoms with Crippen molar-refractivity contribution in [2.75, 3.05) is 12.3 Å². The molecule has 142 valence electrons. The number of carbonyl (C=O) groups excluding carboxylic acids is 1. The SMILES string of the molecule is CC(=O)N1CCc2c(cn(CCSc3ccc(C)cc3)c(=O)c2C(=O)O)C1. The van der Waals surface area contributed by atoms with E-state index in [-0.39, 0.29) is 11.5 Å². The molecule has 0 atom stereocenters. The van der Waals surface area contributed by atoms with Gasteiger partial charge in [-0.15, -0.1) is 11.8 Å². The molecule has 27 heavy (non-hydrogen) atoms. The number of rotatable bonds is 5. The second-order valence-electron chi connectivity index (χ2n) is 6.66. The fourth-order valence-corrected chi connectivity index (χ4v) is 4.12. The van der Waals surface area contributed by atoms with Crippen LogP contribution in [0.25, 0.3) is 0 Å². The summed E-state index contributed by atoms with van der Waals surface area (Å²) in [5.74, 6) is -0.602. The Kier molecular flexibility index (Phi) is 5.70. The summed E-state index contributed by atoms with van der Waals surface area (Å²) in [5.41, 5.74) is 1.87. The number of hydrogen-bond acceptors (Lipinski definition) is 4. The molecule has 2 heterocycles. The number of aromatic nitrogens is 1.